The van der Waals surface area contributed by atoms with Gasteiger partial charge in [-0.05, 0) is 52.3 Å². The van der Waals surface area contributed by atoms with Crippen molar-refractivity contribution >= 4 is 31.7 Å². The molecule has 2 aromatic carbocycles. The van der Waals surface area contributed by atoms with Crippen LogP contribution in [0.2, 0.25) is 0 Å². The topological polar surface area (TPSA) is 63.7 Å². The lowest BCUT2D eigenvalue weighted by Gasteiger charge is -2.38. The molecule has 0 atom stereocenters. The number of hydrogen-bond acceptors (Lipinski definition) is 4. The van der Waals surface area contributed by atoms with Crippen LogP contribution in [0.1, 0.15) is 10.4 Å². The summed E-state index contributed by atoms with van der Waals surface area (Å²) in [6.07, 6.45) is 0. The highest BCUT2D eigenvalue weighted by molar-refractivity contribution is 9.10. The molecule has 0 unspecified atom stereocenters. The fourth-order valence-electron chi connectivity index (χ4n) is 2.56. The molecular weight excluding hydrogens is 394 g/mol. The number of rotatable bonds is 4. The standard InChI is InChI=1S/C17H16BrNO4S/c1-23-12-6-8-13(9-7-12)24(21,22)14-10-19(11-14)17(20)15-4-2-3-5-16(15)18/h2-9,14H,10-11H2,1H3. The maximum absolute atomic E-state index is 12.6. The highest BCUT2D eigenvalue weighted by Gasteiger charge is 2.41. The SMILES string of the molecule is COc1ccc(S(=O)(=O)C2CN(C(=O)c3ccccc3Br)C2)cc1. The third-order valence-electron chi connectivity index (χ3n) is 4.07. The van der Waals surface area contributed by atoms with Crippen LogP contribution in [0.15, 0.2) is 57.9 Å². The number of ether oxygens (including phenoxy) is 1. The summed E-state index contributed by atoms with van der Waals surface area (Å²) in [7, 11) is -1.92. The first-order chi connectivity index (χ1) is 11.4. The fraction of sp³-hybridized carbons (Fsp3) is 0.235. The summed E-state index contributed by atoms with van der Waals surface area (Å²) in [5, 5.41) is -0.572. The number of halogens is 1. The first-order valence-electron chi connectivity index (χ1n) is 7.35. The first kappa shape index (κ1) is 17.0. The van der Waals surface area contributed by atoms with E-state index in [1.54, 1.807) is 35.2 Å². The average molecular weight is 410 g/mol. The molecule has 1 heterocycles. The van der Waals surface area contributed by atoms with Crippen LogP contribution in [0, 0.1) is 0 Å². The van der Waals surface area contributed by atoms with Crippen molar-refractivity contribution in [1.82, 2.24) is 4.90 Å². The van der Waals surface area contributed by atoms with Crippen molar-refractivity contribution in [3.05, 3.63) is 58.6 Å². The lowest BCUT2D eigenvalue weighted by atomic mass is 10.1. The largest absolute Gasteiger partial charge is 0.497 e. The summed E-state index contributed by atoms with van der Waals surface area (Å²) in [5.74, 6) is 0.442. The second-order valence-electron chi connectivity index (χ2n) is 5.53. The molecule has 0 bridgehead atoms. The molecule has 1 saturated heterocycles. The zero-order chi connectivity index (χ0) is 17.3. The highest BCUT2D eigenvalue weighted by Crippen LogP contribution is 2.27. The van der Waals surface area contributed by atoms with Crippen molar-refractivity contribution in [2.24, 2.45) is 0 Å². The Balaban J connectivity index is 1.71. The van der Waals surface area contributed by atoms with E-state index in [4.69, 9.17) is 4.74 Å². The molecular formula is C17H16BrNO4S. The van der Waals surface area contributed by atoms with Crippen molar-refractivity contribution in [2.75, 3.05) is 20.2 Å². The zero-order valence-corrected chi connectivity index (χ0v) is 15.4. The molecule has 3 rings (SSSR count). The van der Waals surface area contributed by atoms with Gasteiger partial charge in [0.1, 0.15) is 11.0 Å². The number of sulfone groups is 1. The number of nitrogens with zero attached hydrogens (tertiary/aromatic N) is 1. The predicted octanol–water partition coefficient (Wildman–Crippen LogP) is 2.76. The van der Waals surface area contributed by atoms with E-state index in [0.29, 0.717) is 15.8 Å². The summed E-state index contributed by atoms with van der Waals surface area (Å²) >= 11 is 3.35. The Bertz CT molecular complexity index is 858. The molecule has 7 heteroatoms. The zero-order valence-electron chi connectivity index (χ0n) is 13.0. The predicted molar refractivity (Wildman–Crippen MR) is 94.0 cm³/mol. The molecule has 126 valence electrons. The van der Waals surface area contributed by atoms with Gasteiger partial charge in [-0.2, -0.15) is 0 Å². The number of hydrogen-bond donors (Lipinski definition) is 0. The number of amides is 1. The van der Waals surface area contributed by atoms with Gasteiger partial charge in [0.25, 0.3) is 5.91 Å². The molecule has 0 aromatic heterocycles. The molecule has 1 fully saturated rings. The van der Waals surface area contributed by atoms with Crippen molar-refractivity contribution in [3.63, 3.8) is 0 Å². The quantitative estimate of drug-likeness (QED) is 0.778. The minimum atomic E-state index is -3.45. The second-order valence-corrected chi connectivity index (χ2v) is 8.61. The van der Waals surface area contributed by atoms with Crippen molar-refractivity contribution in [1.29, 1.82) is 0 Å². The van der Waals surface area contributed by atoms with E-state index in [-0.39, 0.29) is 23.9 Å². The van der Waals surface area contributed by atoms with Crippen LogP contribution in [-0.2, 0) is 9.84 Å². The maximum atomic E-state index is 12.6. The van der Waals surface area contributed by atoms with E-state index in [1.165, 1.54) is 19.2 Å². The van der Waals surface area contributed by atoms with Gasteiger partial charge in [0.05, 0.1) is 17.6 Å². The van der Waals surface area contributed by atoms with Crippen molar-refractivity contribution in [2.45, 2.75) is 10.1 Å². The second kappa shape index (κ2) is 6.57. The van der Waals surface area contributed by atoms with E-state index < -0.39 is 15.1 Å². The molecule has 0 radical (unpaired) electrons. The summed E-state index contributed by atoms with van der Waals surface area (Å²) in [6, 6.07) is 13.4. The lowest BCUT2D eigenvalue weighted by Crippen LogP contribution is -2.56. The van der Waals surface area contributed by atoms with Crippen molar-refractivity contribution < 1.29 is 17.9 Å². The number of likely N-dealkylation sites (tertiary alicyclic amines) is 1. The van der Waals surface area contributed by atoms with Gasteiger partial charge >= 0.3 is 0 Å². The number of methoxy groups -OCH3 is 1. The Morgan fingerprint density at radius 1 is 1.12 bits per heavy atom. The van der Waals surface area contributed by atoms with Gasteiger partial charge in [0.2, 0.25) is 0 Å². The van der Waals surface area contributed by atoms with Gasteiger partial charge < -0.3 is 9.64 Å². The minimum Gasteiger partial charge on any atom is -0.497 e. The molecule has 0 N–H and O–H groups in total. The molecule has 2 aromatic rings. The Kier molecular flexibility index (Phi) is 4.64. The summed E-state index contributed by atoms with van der Waals surface area (Å²) in [5.41, 5.74) is 0.540. The van der Waals surface area contributed by atoms with E-state index in [0.717, 1.165) is 0 Å². The van der Waals surface area contributed by atoms with Crippen LogP contribution in [0.5, 0.6) is 5.75 Å². The molecule has 1 aliphatic rings. The summed E-state index contributed by atoms with van der Waals surface area (Å²) < 4.78 is 30.9. The van der Waals surface area contributed by atoms with Crippen LogP contribution in [0.3, 0.4) is 0 Å². The molecule has 1 aliphatic heterocycles. The molecule has 5 nitrogen and oxygen atoms in total. The van der Waals surface area contributed by atoms with Crippen LogP contribution < -0.4 is 4.74 Å². The van der Waals surface area contributed by atoms with Gasteiger partial charge in [0, 0.05) is 17.6 Å². The summed E-state index contributed by atoms with van der Waals surface area (Å²) in [4.78, 5) is 14.2. The molecule has 1 amide bonds. The van der Waals surface area contributed by atoms with E-state index in [9.17, 15) is 13.2 Å². The van der Waals surface area contributed by atoms with E-state index in [2.05, 4.69) is 15.9 Å². The normalized spacial score (nSPS) is 15.0. The number of benzene rings is 2. The minimum absolute atomic E-state index is 0.163. The van der Waals surface area contributed by atoms with Crippen LogP contribution in [0.4, 0.5) is 0 Å². The van der Waals surface area contributed by atoms with Crippen LogP contribution >= 0.6 is 15.9 Å². The van der Waals surface area contributed by atoms with Gasteiger partial charge in [-0.3, -0.25) is 4.79 Å². The van der Waals surface area contributed by atoms with Crippen LogP contribution in [0.25, 0.3) is 0 Å². The first-order valence-corrected chi connectivity index (χ1v) is 9.69. The molecule has 0 spiro atoms. The van der Waals surface area contributed by atoms with E-state index in [1.807, 2.05) is 6.07 Å². The smallest absolute Gasteiger partial charge is 0.255 e. The summed E-state index contributed by atoms with van der Waals surface area (Å²) in [6.45, 7) is 0.406. The van der Waals surface area contributed by atoms with Crippen molar-refractivity contribution in [3.8, 4) is 5.75 Å². The third kappa shape index (κ3) is 3.06. The maximum Gasteiger partial charge on any atom is 0.255 e. The Hall–Kier alpha value is -1.86. The highest BCUT2D eigenvalue weighted by atomic mass is 79.9. The monoisotopic (exact) mass is 409 g/mol. The van der Waals surface area contributed by atoms with E-state index >= 15 is 0 Å². The number of carbonyl (C=O) groups excluding carboxylic acids is 1. The Labute approximate surface area is 149 Å². The molecule has 24 heavy (non-hydrogen) atoms. The van der Waals surface area contributed by atoms with Crippen LogP contribution in [-0.4, -0.2) is 44.7 Å². The lowest BCUT2D eigenvalue weighted by molar-refractivity contribution is 0.0658. The molecule has 0 saturated carbocycles. The average Bonchev–Trinajstić information content (AvgIpc) is 2.53. The number of carbonyl (C=O) groups is 1. The fourth-order valence-corrected chi connectivity index (χ4v) is 4.67. The van der Waals surface area contributed by atoms with Gasteiger partial charge in [0.15, 0.2) is 9.84 Å². The van der Waals surface area contributed by atoms with Gasteiger partial charge in [-0.1, -0.05) is 12.1 Å². The Morgan fingerprint density at radius 3 is 2.33 bits per heavy atom. The Morgan fingerprint density at radius 2 is 1.75 bits per heavy atom. The molecule has 0 aliphatic carbocycles. The van der Waals surface area contributed by atoms with Gasteiger partial charge in [-0.25, -0.2) is 8.42 Å². The van der Waals surface area contributed by atoms with Gasteiger partial charge in [-0.15, -0.1) is 0 Å². The third-order valence-corrected chi connectivity index (χ3v) is 6.86.